The molecule has 1 saturated carbocycles. The first-order chi connectivity index (χ1) is 6.25. The normalized spacial score (nSPS) is 26.8. The van der Waals surface area contributed by atoms with Crippen LogP contribution in [0.3, 0.4) is 0 Å². The van der Waals surface area contributed by atoms with E-state index in [9.17, 15) is 4.79 Å². The molecule has 0 heterocycles. The van der Waals surface area contributed by atoms with Crippen molar-refractivity contribution < 1.29 is 9.90 Å². The van der Waals surface area contributed by atoms with Crippen LogP contribution in [0.2, 0.25) is 0 Å². The molecular weight excluding hydrogens is 164 g/mol. The van der Waals surface area contributed by atoms with E-state index in [-0.39, 0.29) is 5.92 Å². The molecule has 0 amide bonds. The first-order valence-corrected chi connectivity index (χ1v) is 5.48. The monoisotopic (exact) mass is 184 g/mol. The Morgan fingerprint density at radius 2 is 2.08 bits per heavy atom. The van der Waals surface area contributed by atoms with Crippen LogP contribution in [0.1, 0.15) is 51.9 Å². The van der Waals surface area contributed by atoms with Crippen LogP contribution in [0.5, 0.6) is 0 Å². The summed E-state index contributed by atoms with van der Waals surface area (Å²) >= 11 is 0. The van der Waals surface area contributed by atoms with Gasteiger partial charge in [-0.2, -0.15) is 0 Å². The lowest BCUT2D eigenvalue weighted by Gasteiger charge is -2.33. The highest BCUT2D eigenvalue weighted by molar-refractivity contribution is 5.71. The lowest BCUT2D eigenvalue weighted by Crippen LogP contribution is -2.32. The quantitative estimate of drug-likeness (QED) is 0.644. The summed E-state index contributed by atoms with van der Waals surface area (Å²) in [5, 5.41) is 8.81. The maximum atomic E-state index is 10.7. The number of rotatable bonds is 6. The Bertz CT molecular complexity index is 165. The molecule has 1 N–H and O–H groups in total. The number of hydrogen-bond donors (Lipinski definition) is 1. The average Bonchev–Trinajstić information content (AvgIpc) is 2.01. The van der Waals surface area contributed by atoms with Crippen LogP contribution in [-0.4, -0.2) is 11.1 Å². The van der Waals surface area contributed by atoms with Gasteiger partial charge in [-0.25, -0.2) is 0 Å². The summed E-state index contributed by atoms with van der Waals surface area (Å²) in [5.74, 6) is -0.0947. The van der Waals surface area contributed by atoms with Gasteiger partial charge in [-0.3, -0.25) is 4.79 Å². The van der Waals surface area contributed by atoms with E-state index < -0.39 is 5.97 Å². The predicted octanol–water partition coefficient (Wildman–Crippen LogP) is 3.07. The summed E-state index contributed by atoms with van der Waals surface area (Å²) < 4.78 is 0. The van der Waals surface area contributed by atoms with Gasteiger partial charge in [0.05, 0.1) is 5.92 Å². The molecule has 2 heteroatoms. The van der Waals surface area contributed by atoms with Gasteiger partial charge in [-0.1, -0.05) is 32.6 Å². The SMILES string of the molecule is CCCCCC[C@@H]1CC[C@@H]1C(=O)O. The minimum absolute atomic E-state index is 0.0124. The number of carbonyl (C=O) groups is 1. The first kappa shape index (κ1) is 10.6. The van der Waals surface area contributed by atoms with E-state index in [0.717, 1.165) is 19.3 Å². The largest absolute Gasteiger partial charge is 0.481 e. The maximum absolute atomic E-state index is 10.7. The Hall–Kier alpha value is -0.530. The molecule has 1 aliphatic rings. The molecule has 1 aliphatic carbocycles. The third-order valence-electron chi connectivity index (χ3n) is 3.16. The molecule has 0 aromatic heterocycles. The van der Waals surface area contributed by atoms with Crippen LogP contribution < -0.4 is 0 Å². The second-order valence-corrected chi connectivity index (χ2v) is 4.13. The Morgan fingerprint density at radius 3 is 2.54 bits per heavy atom. The summed E-state index contributed by atoms with van der Waals surface area (Å²) in [4.78, 5) is 10.7. The van der Waals surface area contributed by atoms with E-state index in [4.69, 9.17) is 5.11 Å². The van der Waals surface area contributed by atoms with Crippen molar-refractivity contribution in [2.75, 3.05) is 0 Å². The summed E-state index contributed by atoms with van der Waals surface area (Å²) in [7, 11) is 0. The fraction of sp³-hybridized carbons (Fsp3) is 0.909. The smallest absolute Gasteiger partial charge is 0.306 e. The fourth-order valence-corrected chi connectivity index (χ4v) is 2.07. The van der Waals surface area contributed by atoms with Crippen LogP contribution >= 0.6 is 0 Å². The zero-order valence-corrected chi connectivity index (χ0v) is 8.46. The molecule has 0 bridgehead atoms. The van der Waals surface area contributed by atoms with Gasteiger partial charge in [0.2, 0.25) is 0 Å². The Kier molecular flexibility index (Phi) is 4.26. The van der Waals surface area contributed by atoms with Crippen molar-refractivity contribution in [1.29, 1.82) is 0 Å². The first-order valence-electron chi connectivity index (χ1n) is 5.48. The van der Waals surface area contributed by atoms with Gasteiger partial charge in [0.25, 0.3) is 0 Å². The van der Waals surface area contributed by atoms with Crippen LogP contribution in [0.4, 0.5) is 0 Å². The van der Waals surface area contributed by atoms with E-state index in [0.29, 0.717) is 5.92 Å². The van der Waals surface area contributed by atoms with Crippen LogP contribution in [0, 0.1) is 11.8 Å². The van der Waals surface area contributed by atoms with Crippen molar-refractivity contribution in [3.05, 3.63) is 0 Å². The Morgan fingerprint density at radius 1 is 1.31 bits per heavy atom. The van der Waals surface area contributed by atoms with Crippen molar-refractivity contribution in [2.45, 2.75) is 51.9 Å². The minimum Gasteiger partial charge on any atom is -0.481 e. The average molecular weight is 184 g/mol. The maximum Gasteiger partial charge on any atom is 0.306 e. The van der Waals surface area contributed by atoms with E-state index in [1.807, 2.05) is 0 Å². The number of unbranched alkanes of at least 4 members (excludes halogenated alkanes) is 3. The van der Waals surface area contributed by atoms with Crippen molar-refractivity contribution in [3.63, 3.8) is 0 Å². The molecule has 0 aromatic rings. The van der Waals surface area contributed by atoms with Gasteiger partial charge in [-0.15, -0.1) is 0 Å². The van der Waals surface area contributed by atoms with Crippen molar-refractivity contribution in [1.82, 2.24) is 0 Å². The molecule has 13 heavy (non-hydrogen) atoms. The van der Waals surface area contributed by atoms with Crippen molar-refractivity contribution in [2.24, 2.45) is 11.8 Å². The predicted molar refractivity (Wildman–Crippen MR) is 52.6 cm³/mol. The lowest BCUT2D eigenvalue weighted by molar-refractivity contribution is -0.147. The number of carboxylic acid groups (broad SMARTS) is 1. The summed E-state index contributed by atoms with van der Waals surface area (Å²) in [5.41, 5.74) is 0. The highest BCUT2D eigenvalue weighted by atomic mass is 16.4. The van der Waals surface area contributed by atoms with Gasteiger partial charge in [-0.05, 0) is 25.2 Å². The minimum atomic E-state index is -0.577. The molecule has 0 radical (unpaired) electrons. The molecule has 1 rings (SSSR count). The second kappa shape index (κ2) is 5.25. The van der Waals surface area contributed by atoms with Crippen LogP contribution in [0.15, 0.2) is 0 Å². The molecule has 0 aromatic carbocycles. The van der Waals surface area contributed by atoms with E-state index in [1.165, 1.54) is 25.7 Å². The molecular formula is C11H20O2. The van der Waals surface area contributed by atoms with E-state index >= 15 is 0 Å². The number of aliphatic carboxylic acids is 1. The van der Waals surface area contributed by atoms with Gasteiger partial charge in [0.15, 0.2) is 0 Å². The fourth-order valence-electron chi connectivity index (χ4n) is 2.07. The third-order valence-corrected chi connectivity index (χ3v) is 3.16. The molecule has 1 fully saturated rings. The van der Waals surface area contributed by atoms with Crippen LogP contribution in [-0.2, 0) is 4.79 Å². The molecule has 0 aliphatic heterocycles. The van der Waals surface area contributed by atoms with Gasteiger partial charge in [0, 0.05) is 0 Å². The number of carboxylic acids is 1. The number of hydrogen-bond acceptors (Lipinski definition) is 1. The Balaban J connectivity index is 2.05. The molecule has 76 valence electrons. The summed E-state index contributed by atoms with van der Waals surface area (Å²) in [6, 6.07) is 0. The van der Waals surface area contributed by atoms with E-state index in [2.05, 4.69) is 6.92 Å². The highest BCUT2D eigenvalue weighted by Crippen LogP contribution is 2.38. The summed E-state index contributed by atoms with van der Waals surface area (Å²) in [6.07, 6.45) is 8.24. The van der Waals surface area contributed by atoms with Gasteiger partial charge < -0.3 is 5.11 Å². The topological polar surface area (TPSA) is 37.3 Å². The van der Waals surface area contributed by atoms with Crippen LogP contribution in [0.25, 0.3) is 0 Å². The molecule has 0 unspecified atom stereocenters. The second-order valence-electron chi connectivity index (χ2n) is 4.13. The van der Waals surface area contributed by atoms with Gasteiger partial charge in [0.1, 0.15) is 0 Å². The zero-order valence-electron chi connectivity index (χ0n) is 8.46. The molecule has 0 saturated heterocycles. The Labute approximate surface area is 80.3 Å². The molecule has 2 nitrogen and oxygen atoms in total. The highest BCUT2D eigenvalue weighted by Gasteiger charge is 2.35. The van der Waals surface area contributed by atoms with Crippen molar-refractivity contribution >= 4 is 5.97 Å². The van der Waals surface area contributed by atoms with Crippen molar-refractivity contribution in [3.8, 4) is 0 Å². The zero-order chi connectivity index (χ0) is 9.68. The lowest BCUT2D eigenvalue weighted by atomic mass is 9.71. The van der Waals surface area contributed by atoms with Gasteiger partial charge >= 0.3 is 5.97 Å². The molecule has 2 atom stereocenters. The van der Waals surface area contributed by atoms with E-state index in [1.54, 1.807) is 0 Å². The third kappa shape index (κ3) is 3.02. The molecule has 0 spiro atoms. The standard InChI is InChI=1S/C11H20O2/c1-2-3-4-5-6-9-7-8-10(9)11(12)13/h9-10H,2-8H2,1H3,(H,12,13)/t9-,10+/m1/s1. The summed E-state index contributed by atoms with van der Waals surface area (Å²) in [6.45, 7) is 2.20.